The lowest BCUT2D eigenvalue weighted by atomic mass is 9.86. The SMILES string of the molecule is CCCC(=O)c1c2c(c(OC3OC(C(=O)O)C(O)C(O)C3O)c3c(CCC)cc(=O)oc13)CC(O)C(C)(C)O2. The summed E-state index contributed by atoms with van der Waals surface area (Å²) in [5.74, 6) is -1.98. The maximum absolute atomic E-state index is 13.4. The third-order valence-corrected chi connectivity index (χ3v) is 7.16. The van der Waals surface area contributed by atoms with Gasteiger partial charge in [-0.3, -0.25) is 4.79 Å². The van der Waals surface area contributed by atoms with Crippen molar-refractivity contribution in [3.8, 4) is 11.5 Å². The van der Waals surface area contributed by atoms with Crippen molar-refractivity contribution in [3.05, 3.63) is 33.2 Å². The summed E-state index contributed by atoms with van der Waals surface area (Å²) in [6, 6.07) is 1.25. The number of aryl methyl sites for hydroxylation is 1. The van der Waals surface area contributed by atoms with Crippen LogP contribution in [0.2, 0.25) is 0 Å². The molecule has 39 heavy (non-hydrogen) atoms. The Morgan fingerprint density at radius 1 is 1.08 bits per heavy atom. The number of carbonyl (C=O) groups is 2. The van der Waals surface area contributed by atoms with E-state index in [9.17, 15) is 39.9 Å². The van der Waals surface area contributed by atoms with Gasteiger partial charge in [0.1, 0.15) is 41.0 Å². The number of carboxylic acids is 1. The summed E-state index contributed by atoms with van der Waals surface area (Å²) in [7, 11) is 0. The van der Waals surface area contributed by atoms with Gasteiger partial charge in [-0.25, -0.2) is 9.59 Å². The lowest BCUT2D eigenvalue weighted by molar-refractivity contribution is -0.271. The lowest BCUT2D eigenvalue weighted by Crippen LogP contribution is -2.61. The van der Waals surface area contributed by atoms with E-state index in [4.69, 9.17) is 18.6 Å². The van der Waals surface area contributed by atoms with Gasteiger partial charge in [0.25, 0.3) is 0 Å². The largest absolute Gasteiger partial charge is 0.484 e. The number of hydrogen-bond acceptors (Lipinski definition) is 11. The molecule has 0 bridgehead atoms. The highest BCUT2D eigenvalue weighted by Crippen LogP contribution is 2.48. The molecular formula is C27H34O12. The number of ketones is 1. The fourth-order valence-electron chi connectivity index (χ4n) is 5.01. The lowest BCUT2D eigenvalue weighted by Gasteiger charge is -2.41. The highest BCUT2D eigenvalue weighted by molar-refractivity contribution is 6.11. The fourth-order valence-corrected chi connectivity index (χ4v) is 5.01. The van der Waals surface area contributed by atoms with E-state index in [1.165, 1.54) is 6.07 Å². The first kappa shape index (κ1) is 29.0. The summed E-state index contributed by atoms with van der Waals surface area (Å²) < 4.78 is 23.1. The standard InChI is InChI=1S/C27H34O12/c1-5-7-11-9-15(30)36-23-16(11)21(37-26-20(33)18(31)19(32)24(38-26)25(34)35)12-10-14(29)27(3,4)39-22(12)17(23)13(28)8-6-2/h9,14,18-20,24,26,29,31-33H,5-8,10H2,1-4H3,(H,34,35). The second kappa shape index (κ2) is 10.9. The molecule has 5 N–H and O–H groups in total. The summed E-state index contributed by atoms with van der Waals surface area (Å²) >= 11 is 0. The second-order valence-corrected chi connectivity index (χ2v) is 10.5. The molecule has 12 nitrogen and oxygen atoms in total. The van der Waals surface area contributed by atoms with Crippen molar-refractivity contribution in [3.63, 3.8) is 0 Å². The number of rotatable bonds is 8. The van der Waals surface area contributed by atoms with E-state index in [2.05, 4.69) is 0 Å². The molecule has 1 aromatic heterocycles. The zero-order chi connectivity index (χ0) is 28.8. The number of aliphatic carboxylic acids is 1. The van der Waals surface area contributed by atoms with Gasteiger partial charge in [-0.05, 0) is 32.3 Å². The van der Waals surface area contributed by atoms with Gasteiger partial charge in [-0.1, -0.05) is 20.3 Å². The van der Waals surface area contributed by atoms with Crippen molar-refractivity contribution in [2.45, 2.75) is 102 Å². The van der Waals surface area contributed by atoms with E-state index >= 15 is 0 Å². The number of carbonyl (C=O) groups excluding carboxylic acids is 1. The second-order valence-electron chi connectivity index (χ2n) is 10.5. The predicted octanol–water partition coefficient (Wildman–Crippen LogP) is 1.07. The molecule has 2 aliphatic rings. The van der Waals surface area contributed by atoms with E-state index in [1.807, 2.05) is 13.8 Å². The molecule has 12 heteroatoms. The summed E-state index contributed by atoms with van der Waals surface area (Å²) in [6.07, 6.45) is -9.02. The summed E-state index contributed by atoms with van der Waals surface area (Å²) in [6.45, 7) is 6.96. The van der Waals surface area contributed by atoms with E-state index < -0.39 is 54.0 Å². The number of Topliss-reactive ketones (excluding diaryl/α,β-unsaturated/α-hetero) is 1. The molecule has 0 spiro atoms. The van der Waals surface area contributed by atoms with Crippen molar-refractivity contribution < 1.29 is 53.7 Å². The van der Waals surface area contributed by atoms with Gasteiger partial charge in [0.05, 0.1) is 11.5 Å². The van der Waals surface area contributed by atoms with Crippen LogP contribution in [0.5, 0.6) is 11.5 Å². The van der Waals surface area contributed by atoms with Gasteiger partial charge in [0, 0.05) is 24.5 Å². The van der Waals surface area contributed by atoms with Gasteiger partial charge in [-0.15, -0.1) is 0 Å². The minimum Gasteiger partial charge on any atom is -0.484 e. The minimum atomic E-state index is -1.93. The van der Waals surface area contributed by atoms with Crippen LogP contribution in [-0.4, -0.2) is 79.7 Å². The molecule has 1 fully saturated rings. The number of ether oxygens (including phenoxy) is 3. The van der Waals surface area contributed by atoms with E-state index in [1.54, 1.807) is 13.8 Å². The quantitative estimate of drug-likeness (QED) is 0.232. The number of benzene rings is 1. The summed E-state index contributed by atoms with van der Waals surface area (Å²) in [4.78, 5) is 37.7. The molecular weight excluding hydrogens is 516 g/mol. The van der Waals surface area contributed by atoms with Crippen LogP contribution in [0.15, 0.2) is 15.3 Å². The monoisotopic (exact) mass is 550 g/mol. The first-order chi connectivity index (χ1) is 18.3. The number of carboxylic acid groups (broad SMARTS) is 1. The molecule has 0 aliphatic carbocycles. The smallest absolute Gasteiger partial charge is 0.336 e. The van der Waals surface area contributed by atoms with Crippen LogP contribution in [0.25, 0.3) is 11.0 Å². The van der Waals surface area contributed by atoms with Gasteiger partial charge >= 0.3 is 11.6 Å². The van der Waals surface area contributed by atoms with E-state index in [-0.39, 0.29) is 52.2 Å². The van der Waals surface area contributed by atoms with Crippen LogP contribution >= 0.6 is 0 Å². The first-order valence-electron chi connectivity index (χ1n) is 13.0. The molecule has 3 heterocycles. The molecule has 4 rings (SSSR count). The van der Waals surface area contributed by atoms with Crippen molar-refractivity contribution in [2.24, 2.45) is 0 Å². The number of aliphatic hydroxyl groups is 4. The normalized spacial score (nSPS) is 28.0. The van der Waals surface area contributed by atoms with Gasteiger partial charge < -0.3 is 44.2 Å². The van der Waals surface area contributed by atoms with Crippen molar-refractivity contribution >= 4 is 22.7 Å². The van der Waals surface area contributed by atoms with Crippen LogP contribution < -0.4 is 15.1 Å². The molecule has 6 unspecified atom stereocenters. The summed E-state index contributed by atoms with van der Waals surface area (Å²) in [5, 5.41) is 51.7. The Morgan fingerprint density at radius 2 is 1.77 bits per heavy atom. The molecule has 6 atom stereocenters. The van der Waals surface area contributed by atoms with Crippen LogP contribution in [0.4, 0.5) is 0 Å². The highest BCUT2D eigenvalue weighted by atomic mass is 16.7. The molecule has 1 aromatic carbocycles. The van der Waals surface area contributed by atoms with Gasteiger partial charge in [0.2, 0.25) is 6.29 Å². The molecule has 0 radical (unpaired) electrons. The Labute approximate surface area is 223 Å². The van der Waals surface area contributed by atoms with Crippen LogP contribution in [0, 0.1) is 0 Å². The number of fused-ring (bicyclic) bond motifs is 2. The van der Waals surface area contributed by atoms with Crippen molar-refractivity contribution in [1.82, 2.24) is 0 Å². The summed E-state index contributed by atoms with van der Waals surface area (Å²) in [5.41, 5.74) is -1.26. The minimum absolute atomic E-state index is 0.0215. The van der Waals surface area contributed by atoms with E-state index in [0.717, 1.165) is 0 Å². The fraction of sp³-hybridized carbons (Fsp3) is 0.593. The Bertz CT molecular complexity index is 1330. The Balaban J connectivity index is 2.04. The Hall–Kier alpha value is -3.03. The third kappa shape index (κ3) is 5.14. The third-order valence-electron chi connectivity index (χ3n) is 7.16. The zero-order valence-corrected chi connectivity index (χ0v) is 22.2. The predicted molar refractivity (Wildman–Crippen MR) is 135 cm³/mol. The van der Waals surface area contributed by atoms with Crippen LogP contribution in [0.1, 0.15) is 68.4 Å². The maximum Gasteiger partial charge on any atom is 0.336 e. The zero-order valence-electron chi connectivity index (χ0n) is 22.2. The molecule has 0 amide bonds. The van der Waals surface area contributed by atoms with E-state index in [0.29, 0.717) is 24.8 Å². The highest BCUT2D eigenvalue weighted by Gasteiger charge is 2.49. The van der Waals surface area contributed by atoms with Gasteiger partial charge in [-0.2, -0.15) is 0 Å². The number of hydrogen-bond donors (Lipinski definition) is 5. The Morgan fingerprint density at radius 3 is 2.38 bits per heavy atom. The average molecular weight is 551 g/mol. The van der Waals surface area contributed by atoms with Crippen LogP contribution in [-0.2, 0) is 22.4 Å². The molecule has 0 saturated carbocycles. The average Bonchev–Trinajstić information content (AvgIpc) is 2.85. The molecule has 214 valence electrons. The molecule has 1 saturated heterocycles. The maximum atomic E-state index is 13.4. The van der Waals surface area contributed by atoms with Crippen LogP contribution in [0.3, 0.4) is 0 Å². The molecule has 2 aromatic rings. The van der Waals surface area contributed by atoms with Gasteiger partial charge in [0.15, 0.2) is 17.5 Å². The van der Waals surface area contributed by atoms with Crippen molar-refractivity contribution in [1.29, 1.82) is 0 Å². The van der Waals surface area contributed by atoms with Crippen molar-refractivity contribution in [2.75, 3.05) is 0 Å². The number of aliphatic hydroxyl groups excluding tert-OH is 4. The first-order valence-corrected chi connectivity index (χ1v) is 13.0. The topological polar surface area (TPSA) is 193 Å². The molecule has 2 aliphatic heterocycles. The Kier molecular flexibility index (Phi) is 8.06.